The topological polar surface area (TPSA) is 73.6 Å². The summed E-state index contributed by atoms with van der Waals surface area (Å²) in [5.41, 5.74) is 5.50. The first kappa shape index (κ1) is 20.7. The van der Waals surface area contributed by atoms with Gasteiger partial charge in [0.15, 0.2) is 0 Å². The van der Waals surface area contributed by atoms with E-state index in [2.05, 4.69) is 15.2 Å². The van der Waals surface area contributed by atoms with Crippen LogP contribution in [0, 0.1) is 0 Å². The number of halogens is 1. The number of hydrogen-bond acceptors (Lipinski definition) is 4. The van der Waals surface area contributed by atoms with Crippen LogP contribution in [0.2, 0.25) is 5.02 Å². The van der Waals surface area contributed by atoms with E-state index in [0.717, 1.165) is 22.5 Å². The highest BCUT2D eigenvalue weighted by atomic mass is 35.5. The van der Waals surface area contributed by atoms with E-state index in [4.69, 9.17) is 16.6 Å². The highest BCUT2D eigenvalue weighted by Crippen LogP contribution is 2.37. The summed E-state index contributed by atoms with van der Waals surface area (Å²) < 4.78 is 0. The van der Waals surface area contributed by atoms with Crippen LogP contribution in [-0.2, 0) is 0 Å². The maximum atomic E-state index is 10.6. The molecule has 1 aromatic heterocycles. The van der Waals surface area contributed by atoms with Crippen LogP contribution in [0.3, 0.4) is 0 Å². The molecule has 0 spiro atoms. The third kappa shape index (κ3) is 4.54. The zero-order chi connectivity index (χ0) is 22.6. The molecule has 33 heavy (non-hydrogen) atoms. The largest absolute Gasteiger partial charge is 0.507 e. The van der Waals surface area contributed by atoms with Gasteiger partial charge in [0, 0.05) is 16.1 Å². The molecule has 0 aliphatic carbocycles. The minimum absolute atomic E-state index is 0.105. The van der Waals surface area contributed by atoms with Crippen LogP contribution in [0.5, 0.6) is 5.75 Å². The predicted octanol–water partition coefficient (Wildman–Crippen LogP) is 8.19. The Kier molecular flexibility index (Phi) is 5.70. The quantitative estimate of drug-likeness (QED) is 0.265. The Balaban J connectivity index is 1.57. The minimum atomic E-state index is 0.105. The second-order valence-electron chi connectivity index (χ2n) is 7.42. The molecular weight excluding hydrogens is 432 g/mol. The van der Waals surface area contributed by atoms with Gasteiger partial charge in [-0.1, -0.05) is 72.3 Å². The first-order chi connectivity index (χ1) is 16.2. The van der Waals surface area contributed by atoms with E-state index >= 15 is 0 Å². The molecule has 4 aromatic carbocycles. The van der Waals surface area contributed by atoms with Crippen molar-refractivity contribution >= 4 is 23.0 Å². The smallest absolute Gasteiger partial charge is 0.142 e. The Hall–Kier alpha value is -4.22. The Labute approximate surface area is 196 Å². The molecule has 5 aromatic rings. The molecule has 160 valence electrons. The molecule has 0 saturated heterocycles. The van der Waals surface area contributed by atoms with Gasteiger partial charge in [-0.3, -0.25) is 0 Å². The average Bonchev–Trinajstić information content (AvgIpc) is 3.31. The number of rotatable bonds is 5. The Morgan fingerprint density at radius 3 is 2.00 bits per heavy atom. The first-order valence-electron chi connectivity index (χ1n) is 10.4. The molecule has 0 atom stereocenters. The molecule has 0 amide bonds. The van der Waals surface area contributed by atoms with Crippen molar-refractivity contribution in [2.75, 3.05) is 0 Å². The fourth-order valence-corrected chi connectivity index (χ4v) is 3.64. The number of azo groups is 1. The number of benzene rings is 4. The lowest BCUT2D eigenvalue weighted by molar-refractivity contribution is 0.477. The number of nitrogens with one attached hydrogen (secondary N) is 1. The highest BCUT2D eigenvalue weighted by Gasteiger charge is 2.17. The van der Waals surface area contributed by atoms with E-state index in [1.807, 2.05) is 60.7 Å². The van der Waals surface area contributed by atoms with Crippen LogP contribution in [0.4, 0.5) is 11.4 Å². The summed E-state index contributed by atoms with van der Waals surface area (Å²) in [6, 6.07) is 32.1. The van der Waals surface area contributed by atoms with E-state index in [1.165, 1.54) is 0 Å². The molecule has 5 nitrogen and oxygen atoms in total. The van der Waals surface area contributed by atoms with Crippen LogP contribution in [0.1, 0.15) is 0 Å². The van der Waals surface area contributed by atoms with Gasteiger partial charge in [-0.05, 0) is 42.5 Å². The molecule has 0 bridgehead atoms. The summed E-state index contributed by atoms with van der Waals surface area (Å²) in [5, 5.41) is 19.8. The van der Waals surface area contributed by atoms with E-state index in [-0.39, 0.29) is 5.75 Å². The summed E-state index contributed by atoms with van der Waals surface area (Å²) in [4.78, 5) is 8.26. The van der Waals surface area contributed by atoms with Gasteiger partial charge in [0.1, 0.15) is 11.6 Å². The molecule has 0 aliphatic rings. The fourth-order valence-electron chi connectivity index (χ4n) is 3.52. The molecule has 0 saturated carbocycles. The van der Waals surface area contributed by atoms with Gasteiger partial charge in [0.05, 0.1) is 28.3 Å². The number of aromatic amines is 1. The van der Waals surface area contributed by atoms with Gasteiger partial charge in [-0.15, -0.1) is 0 Å². The molecule has 0 aliphatic heterocycles. The van der Waals surface area contributed by atoms with Crippen molar-refractivity contribution in [3.05, 3.63) is 108 Å². The highest BCUT2D eigenvalue weighted by molar-refractivity contribution is 6.30. The van der Waals surface area contributed by atoms with Gasteiger partial charge < -0.3 is 10.1 Å². The van der Waals surface area contributed by atoms with Gasteiger partial charge >= 0.3 is 0 Å². The average molecular weight is 451 g/mol. The number of aromatic hydroxyl groups is 1. The summed E-state index contributed by atoms with van der Waals surface area (Å²) in [6.07, 6.45) is 0. The minimum Gasteiger partial charge on any atom is -0.507 e. The van der Waals surface area contributed by atoms with Gasteiger partial charge in [-0.2, -0.15) is 10.2 Å². The Bertz CT molecular complexity index is 1360. The van der Waals surface area contributed by atoms with Crippen molar-refractivity contribution in [1.82, 2.24) is 9.97 Å². The maximum Gasteiger partial charge on any atom is 0.142 e. The summed E-state index contributed by atoms with van der Waals surface area (Å²) in [6.45, 7) is 0. The number of H-pyrrole nitrogens is 1. The lowest BCUT2D eigenvalue weighted by atomic mass is 10.1. The standard InChI is InChI=1S/C27H19ClN4O/c28-20-11-13-21(14-12-20)31-32-22-15-16-24(33)23(17-22)27-29-25(18-7-3-1-4-8-18)26(30-27)19-9-5-2-6-10-19/h1-17,33H,(H,29,30). The summed E-state index contributed by atoms with van der Waals surface area (Å²) in [7, 11) is 0. The molecule has 2 N–H and O–H groups in total. The number of hydrogen-bond donors (Lipinski definition) is 2. The van der Waals surface area contributed by atoms with E-state index < -0.39 is 0 Å². The maximum absolute atomic E-state index is 10.6. The summed E-state index contributed by atoms with van der Waals surface area (Å²) in [5.74, 6) is 0.655. The van der Waals surface area contributed by atoms with Gasteiger partial charge in [0.25, 0.3) is 0 Å². The van der Waals surface area contributed by atoms with E-state index in [1.54, 1.807) is 42.5 Å². The van der Waals surface area contributed by atoms with Crippen molar-refractivity contribution in [3.8, 4) is 39.7 Å². The normalized spacial score (nSPS) is 11.2. The zero-order valence-corrected chi connectivity index (χ0v) is 18.2. The van der Waals surface area contributed by atoms with Gasteiger partial charge in [0.2, 0.25) is 0 Å². The van der Waals surface area contributed by atoms with Crippen molar-refractivity contribution in [1.29, 1.82) is 0 Å². The van der Waals surface area contributed by atoms with Crippen molar-refractivity contribution < 1.29 is 5.11 Å². The Morgan fingerprint density at radius 2 is 1.30 bits per heavy atom. The number of nitrogens with zero attached hydrogens (tertiary/aromatic N) is 3. The fraction of sp³-hybridized carbons (Fsp3) is 0. The molecule has 0 radical (unpaired) electrons. The molecule has 0 unspecified atom stereocenters. The van der Waals surface area contributed by atoms with Crippen molar-refractivity contribution in [2.24, 2.45) is 10.2 Å². The van der Waals surface area contributed by atoms with E-state index in [9.17, 15) is 5.11 Å². The molecule has 1 heterocycles. The lowest BCUT2D eigenvalue weighted by Gasteiger charge is -2.03. The zero-order valence-electron chi connectivity index (χ0n) is 17.5. The Morgan fingerprint density at radius 1 is 0.697 bits per heavy atom. The number of phenolic OH excluding ortho intramolecular Hbond substituents is 1. The second-order valence-corrected chi connectivity index (χ2v) is 7.86. The SMILES string of the molecule is Oc1ccc(N=Nc2ccc(Cl)cc2)cc1-c1nc(-c2ccccc2)c(-c2ccccc2)[nH]1. The predicted molar refractivity (Wildman–Crippen MR) is 132 cm³/mol. The van der Waals surface area contributed by atoms with Crippen LogP contribution < -0.4 is 0 Å². The van der Waals surface area contributed by atoms with Crippen molar-refractivity contribution in [3.63, 3.8) is 0 Å². The van der Waals surface area contributed by atoms with Crippen LogP contribution in [-0.4, -0.2) is 15.1 Å². The third-order valence-corrected chi connectivity index (χ3v) is 5.41. The third-order valence-electron chi connectivity index (χ3n) is 5.16. The van der Waals surface area contributed by atoms with Crippen LogP contribution >= 0.6 is 11.6 Å². The second kappa shape index (κ2) is 9.10. The number of phenols is 1. The van der Waals surface area contributed by atoms with E-state index in [0.29, 0.717) is 27.8 Å². The molecule has 5 rings (SSSR count). The van der Waals surface area contributed by atoms with Crippen molar-refractivity contribution in [2.45, 2.75) is 0 Å². The molecular formula is C27H19ClN4O. The monoisotopic (exact) mass is 450 g/mol. The summed E-state index contributed by atoms with van der Waals surface area (Å²) >= 11 is 5.93. The van der Waals surface area contributed by atoms with Gasteiger partial charge in [-0.25, -0.2) is 4.98 Å². The molecule has 6 heteroatoms. The lowest BCUT2D eigenvalue weighted by Crippen LogP contribution is -1.82. The van der Waals surface area contributed by atoms with Crippen LogP contribution in [0.25, 0.3) is 33.9 Å². The van der Waals surface area contributed by atoms with Crippen LogP contribution in [0.15, 0.2) is 113 Å². The number of aromatic nitrogens is 2. The first-order valence-corrected chi connectivity index (χ1v) is 10.8. The molecule has 0 fully saturated rings. The number of imidazole rings is 1.